The number of nitrogens with two attached hydrogens (primary N) is 1. The van der Waals surface area contributed by atoms with Crippen molar-refractivity contribution in [3.05, 3.63) is 34.6 Å². The van der Waals surface area contributed by atoms with E-state index in [1.807, 2.05) is 0 Å². The van der Waals surface area contributed by atoms with Gasteiger partial charge in [-0.3, -0.25) is 0 Å². The number of benzene rings is 1. The van der Waals surface area contributed by atoms with E-state index in [0.29, 0.717) is 0 Å². The van der Waals surface area contributed by atoms with Gasteiger partial charge in [0.2, 0.25) is 0 Å². The molecule has 0 aliphatic heterocycles. The van der Waals surface area contributed by atoms with Crippen molar-refractivity contribution in [2.75, 3.05) is 0 Å². The normalized spacial score (nSPS) is 15.7. The zero-order chi connectivity index (χ0) is 13.2. The molecule has 0 amide bonds. The Morgan fingerprint density at radius 1 is 1.35 bits per heavy atom. The van der Waals surface area contributed by atoms with Crippen molar-refractivity contribution >= 4 is 11.6 Å². The predicted octanol–water partition coefficient (Wildman–Crippen LogP) is 2.79. The van der Waals surface area contributed by atoms with Gasteiger partial charge in [-0.2, -0.15) is 13.2 Å². The molecule has 1 rings (SSSR count). The third kappa shape index (κ3) is 3.83. The first-order valence-electron chi connectivity index (χ1n) is 4.67. The van der Waals surface area contributed by atoms with Crippen molar-refractivity contribution in [1.82, 2.24) is 0 Å². The summed E-state index contributed by atoms with van der Waals surface area (Å²) in [5, 5.41) is 9.56. The first kappa shape index (κ1) is 14.2. The highest BCUT2D eigenvalue weighted by Gasteiger charge is 2.38. The van der Waals surface area contributed by atoms with Gasteiger partial charge in [0.1, 0.15) is 11.9 Å². The molecule has 0 bridgehead atoms. The van der Waals surface area contributed by atoms with Crippen LogP contribution < -0.4 is 5.73 Å². The standard InChI is InChI=1S/C10H10ClF4NO/c11-5-1-2-6(7(12)3-5)8(17)4-9(16)10(13,14)15/h1-3,8-9,17H,4,16H2/t8-,9+/m0/s1. The maximum atomic E-state index is 13.3. The highest BCUT2D eigenvalue weighted by Crippen LogP contribution is 2.28. The Morgan fingerprint density at radius 3 is 2.41 bits per heavy atom. The summed E-state index contributed by atoms with van der Waals surface area (Å²) in [6, 6.07) is 1.13. The van der Waals surface area contributed by atoms with Crippen molar-refractivity contribution in [3.8, 4) is 0 Å². The summed E-state index contributed by atoms with van der Waals surface area (Å²) in [7, 11) is 0. The van der Waals surface area contributed by atoms with Gasteiger partial charge in [-0.05, 0) is 12.1 Å². The molecule has 2 nitrogen and oxygen atoms in total. The Bertz CT molecular complexity index is 396. The van der Waals surface area contributed by atoms with Crippen LogP contribution in [0.4, 0.5) is 17.6 Å². The highest BCUT2D eigenvalue weighted by molar-refractivity contribution is 6.30. The van der Waals surface area contributed by atoms with Gasteiger partial charge < -0.3 is 10.8 Å². The van der Waals surface area contributed by atoms with Gasteiger partial charge in [0.15, 0.2) is 0 Å². The lowest BCUT2D eigenvalue weighted by atomic mass is 10.0. The van der Waals surface area contributed by atoms with E-state index in [1.54, 1.807) is 0 Å². The van der Waals surface area contributed by atoms with E-state index in [-0.39, 0.29) is 10.6 Å². The van der Waals surface area contributed by atoms with Gasteiger partial charge >= 0.3 is 6.18 Å². The van der Waals surface area contributed by atoms with Crippen LogP contribution in [0.3, 0.4) is 0 Å². The van der Waals surface area contributed by atoms with Gasteiger partial charge in [0, 0.05) is 17.0 Å². The number of alkyl halides is 3. The maximum absolute atomic E-state index is 13.3. The monoisotopic (exact) mass is 271 g/mol. The van der Waals surface area contributed by atoms with E-state index in [4.69, 9.17) is 17.3 Å². The van der Waals surface area contributed by atoms with Crippen LogP contribution in [-0.2, 0) is 0 Å². The van der Waals surface area contributed by atoms with E-state index >= 15 is 0 Å². The smallest absolute Gasteiger partial charge is 0.388 e. The molecule has 0 spiro atoms. The molecule has 7 heteroatoms. The summed E-state index contributed by atoms with van der Waals surface area (Å²) in [6.07, 6.45) is -7.05. The molecule has 17 heavy (non-hydrogen) atoms. The summed E-state index contributed by atoms with van der Waals surface area (Å²) < 4.78 is 49.7. The van der Waals surface area contributed by atoms with Crippen molar-refractivity contribution < 1.29 is 22.7 Å². The molecule has 0 radical (unpaired) electrons. The molecule has 0 heterocycles. The molecule has 0 aromatic heterocycles. The van der Waals surface area contributed by atoms with Gasteiger partial charge in [0.05, 0.1) is 6.10 Å². The van der Waals surface area contributed by atoms with Gasteiger partial charge in [-0.25, -0.2) is 4.39 Å². The second-order valence-corrected chi connectivity index (χ2v) is 4.00. The fraction of sp³-hybridized carbons (Fsp3) is 0.400. The molecule has 0 unspecified atom stereocenters. The average molecular weight is 272 g/mol. The van der Waals surface area contributed by atoms with Crippen LogP contribution >= 0.6 is 11.6 Å². The van der Waals surface area contributed by atoms with E-state index in [0.717, 1.165) is 12.1 Å². The third-order valence-corrected chi connectivity index (χ3v) is 2.45. The van der Waals surface area contributed by atoms with Crippen LogP contribution in [0.5, 0.6) is 0 Å². The van der Waals surface area contributed by atoms with Crippen molar-refractivity contribution in [3.63, 3.8) is 0 Å². The summed E-state index contributed by atoms with van der Waals surface area (Å²) in [6.45, 7) is 0. The minimum atomic E-state index is -4.62. The Kier molecular flexibility index (Phi) is 4.35. The number of rotatable bonds is 3. The molecule has 0 fully saturated rings. The largest absolute Gasteiger partial charge is 0.403 e. The second-order valence-electron chi connectivity index (χ2n) is 3.57. The molecule has 3 N–H and O–H groups in total. The van der Waals surface area contributed by atoms with Crippen molar-refractivity contribution in [1.29, 1.82) is 0 Å². The quantitative estimate of drug-likeness (QED) is 0.831. The number of halogens is 5. The summed E-state index contributed by atoms with van der Waals surface area (Å²) >= 11 is 5.47. The molecule has 96 valence electrons. The van der Waals surface area contributed by atoms with Crippen LogP contribution in [-0.4, -0.2) is 17.3 Å². The lowest BCUT2D eigenvalue weighted by Crippen LogP contribution is -2.38. The van der Waals surface area contributed by atoms with Crippen LogP contribution in [0.15, 0.2) is 18.2 Å². The SMILES string of the molecule is N[C@H](C[C@H](O)c1ccc(Cl)cc1F)C(F)(F)F. The molecule has 0 aliphatic rings. The van der Waals surface area contributed by atoms with Gasteiger partial charge in [-0.1, -0.05) is 17.7 Å². The Morgan fingerprint density at radius 2 is 1.94 bits per heavy atom. The van der Waals surface area contributed by atoms with Crippen LogP contribution in [0, 0.1) is 5.82 Å². The zero-order valence-electron chi connectivity index (χ0n) is 8.51. The summed E-state index contributed by atoms with van der Waals surface area (Å²) in [4.78, 5) is 0. The number of aliphatic hydroxyl groups excluding tert-OH is 1. The molecule has 1 aromatic carbocycles. The first-order valence-corrected chi connectivity index (χ1v) is 5.05. The minimum absolute atomic E-state index is 0.0959. The molecule has 0 saturated carbocycles. The van der Waals surface area contributed by atoms with Crippen LogP contribution in [0.25, 0.3) is 0 Å². The maximum Gasteiger partial charge on any atom is 0.403 e. The Balaban J connectivity index is 2.80. The Labute approximate surface area is 100.0 Å². The first-order chi connectivity index (χ1) is 7.71. The van der Waals surface area contributed by atoms with Crippen LogP contribution in [0.2, 0.25) is 5.02 Å². The summed E-state index contributed by atoms with van der Waals surface area (Å²) in [5.74, 6) is -0.862. The fourth-order valence-corrected chi connectivity index (χ4v) is 1.43. The predicted molar refractivity (Wildman–Crippen MR) is 55.0 cm³/mol. The van der Waals surface area contributed by atoms with E-state index in [9.17, 15) is 22.7 Å². The van der Waals surface area contributed by atoms with Crippen molar-refractivity contribution in [2.45, 2.75) is 24.7 Å². The second kappa shape index (κ2) is 5.20. The lowest BCUT2D eigenvalue weighted by Gasteiger charge is -2.19. The molecular weight excluding hydrogens is 262 g/mol. The lowest BCUT2D eigenvalue weighted by molar-refractivity contribution is -0.154. The molecule has 0 saturated heterocycles. The Hall–Kier alpha value is -0.850. The summed E-state index contributed by atoms with van der Waals surface area (Å²) in [5.41, 5.74) is 4.58. The number of hydrogen-bond acceptors (Lipinski definition) is 2. The van der Waals surface area contributed by atoms with Crippen LogP contribution in [0.1, 0.15) is 18.1 Å². The van der Waals surface area contributed by atoms with Gasteiger partial charge in [0.25, 0.3) is 0 Å². The molecular formula is C10H10ClF4NO. The van der Waals surface area contributed by atoms with E-state index in [1.165, 1.54) is 6.07 Å². The minimum Gasteiger partial charge on any atom is -0.388 e. The third-order valence-electron chi connectivity index (χ3n) is 2.22. The van der Waals surface area contributed by atoms with Crippen molar-refractivity contribution in [2.24, 2.45) is 5.73 Å². The van der Waals surface area contributed by atoms with Gasteiger partial charge in [-0.15, -0.1) is 0 Å². The van der Waals surface area contributed by atoms with E-state index < -0.39 is 30.6 Å². The van der Waals surface area contributed by atoms with E-state index in [2.05, 4.69) is 0 Å². The molecule has 2 atom stereocenters. The number of hydrogen-bond donors (Lipinski definition) is 2. The molecule has 1 aromatic rings. The molecule has 0 aliphatic carbocycles. The zero-order valence-corrected chi connectivity index (χ0v) is 9.26. The topological polar surface area (TPSA) is 46.2 Å². The fourth-order valence-electron chi connectivity index (χ4n) is 1.27. The highest BCUT2D eigenvalue weighted by atomic mass is 35.5. The number of aliphatic hydroxyl groups is 1. The average Bonchev–Trinajstić information content (AvgIpc) is 2.15.